The van der Waals surface area contributed by atoms with Crippen LogP contribution in [-0.4, -0.2) is 36.9 Å². The van der Waals surface area contributed by atoms with E-state index in [0.717, 1.165) is 24.3 Å². The van der Waals surface area contributed by atoms with Crippen LogP contribution in [0.4, 0.5) is 0 Å². The van der Waals surface area contributed by atoms with E-state index < -0.39 is 5.54 Å². The number of Topliss-reactive ketones (excluding diaryl/α,β-unsaturated/α-hetero) is 1. The molecule has 0 saturated carbocycles. The zero-order chi connectivity index (χ0) is 13.8. The molecule has 1 aromatic carbocycles. The molecular formula is C15H23NO2. The predicted octanol–water partition coefficient (Wildman–Crippen LogP) is 3.00. The highest BCUT2D eigenvalue weighted by Crippen LogP contribution is 2.21. The van der Waals surface area contributed by atoms with E-state index in [4.69, 9.17) is 4.74 Å². The van der Waals surface area contributed by atoms with Crippen LogP contribution in [0.15, 0.2) is 24.3 Å². The summed E-state index contributed by atoms with van der Waals surface area (Å²) in [5.74, 6) is 0.910. The average Bonchev–Trinajstić information content (AvgIpc) is 2.38. The Morgan fingerprint density at radius 3 is 2.28 bits per heavy atom. The van der Waals surface area contributed by atoms with Crippen LogP contribution in [0.1, 0.15) is 37.6 Å². The summed E-state index contributed by atoms with van der Waals surface area (Å²) in [5, 5.41) is 0. The zero-order valence-corrected chi connectivity index (χ0v) is 12.0. The highest BCUT2D eigenvalue weighted by atomic mass is 16.5. The van der Waals surface area contributed by atoms with Crippen molar-refractivity contribution < 1.29 is 9.53 Å². The molecule has 0 radical (unpaired) electrons. The zero-order valence-electron chi connectivity index (χ0n) is 12.0. The van der Waals surface area contributed by atoms with Crippen molar-refractivity contribution in [3.63, 3.8) is 0 Å². The molecule has 0 heterocycles. The van der Waals surface area contributed by atoms with Crippen LogP contribution < -0.4 is 4.74 Å². The first-order chi connectivity index (χ1) is 8.43. The van der Waals surface area contributed by atoms with Crippen molar-refractivity contribution in [2.75, 3.05) is 20.7 Å². The highest BCUT2D eigenvalue weighted by molar-refractivity contribution is 6.02. The van der Waals surface area contributed by atoms with E-state index >= 15 is 0 Å². The van der Waals surface area contributed by atoms with Crippen LogP contribution in [0, 0.1) is 0 Å². The molecular weight excluding hydrogens is 226 g/mol. The molecule has 0 spiro atoms. The van der Waals surface area contributed by atoms with Crippen molar-refractivity contribution in [1.82, 2.24) is 4.90 Å². The van der Waals surface area contributed by atoms with Gasteiger partial charge in [0.15, 0.2) is 5.78 Å². The van der Waals surface area contributed by atoms with Crippen molar-refractivity contribution >= 4 is 5.78 Å². The first kappa shape index (κ1) is 14.7. The topological polar surface area (TPSA) is 29.5 Å². The monoisotopic (exact) mass is 249 g/mol. The molecule has 0 aliphatic heterocycles. The van der Waals surface area contributed by atoms with Crippen LogP contribution in [0.3, 0.4) is 0 Å². The van der Waals surface area contributed by atoms with Crippen LogP contribution in [0.25, 0.3) is 0 Å². The van der Waals surface area contributed by atoms with E-state index in [9.17, 15) is 4.79 Å². The maximum absolute atomic E-state index is 12.5. The summed E-state index contributed by atoms with van der Waals surface area (Å²) >= 11 is 0. The second-order valence-corrected chi connectivity index (χ2v) is 5.04. The van der Waals surface area contributed by atoms with Gasteiger partial charge in [0, 0.05) is 5.56 Å². The highest BCUT2D eigenvalue weighted by Gasteiger charge is 2.32. The Labute approximate surface area is 110 Å². The second kappa shape index (κ2) is 6.01. The summed E-state index contributed by atoms with van der Waals surface area (Å²) in [6.07, 6.45) is 1.04. The van der Waals surface area contributed by atoms with E-state index in [1.807, 2.05) is 45.2 Å². The molecule has 1 aromatic rings. The molecule has 0 N–H and O–H groups in total. The van der Waals surface area contributed by atoms with Crippen molar-refractivity contribution in [3.8, 4) is 5.75 Å². The lowest BCUT2D eigenvalue weighted by atomic mass is 9.91. The minimum atomic E-state index is -0.482. The number of ketones is 1. The van der Waals surface area contributed by atoms with Gasteiger partial charge in [0.2, 0.25) is 0 Å². The maximum atomic E-state index is 12.5. The van der Waals surface area contributed by atoms with Gasteiger partial charge >= 0.3 is 0 Å². The Kier molecular flexibility index (Phi) is 4.91. The second-order valence-electron chi connectivity index (χ2n) is 5.04. The molecule has 0 saturated heterocycles. The number of nitrogens with zero attached hydrogens (tertiary/aromatic N) is 1. The number of carbonyl (C=O) groups excluding carboxylic acids is 1. The SMILES string of the molecule is CCCN(C)C(C)(C)C(=O)c1ccc(OC)cc1. The van der Waals surface area contributed by atoms with Gasteiger partial charge < -0.3 is 4.74 Å². The molecule has 0 aliphatic carbocycles. The van der Waals surface area contributed by atoms with E-state index in [1.165, 1.54) is 0 Å². The summed E-state index contributed by atoms with van der Waals surface area (Å²) < 4.78 is 5.10. The number of benzene rings is 1. The first-order valence-electron chi connectivity index (χ1n) is 6.33. The maximum Gasteiger partial charge on any atom is 0.182 e. The van der Waals surface area contributed by atoms with E-state index in [1.54, 1.807) is 7.11 Å². The fourth-order valence-electron chi connectivity index (χ4n) is 1.88. The number of likely N-dealkylation sites (N-methyl/N-ethyl adjacent to an activating group) is 1. The number of hydrogen-bond donors (Lipinski definition) is 0. The third-order valence-electron chi connectivity index (χ3n) is 3.42. The molecule has 3 heteroatoms. The fourth-order valence-corrected chi connectivity index (χ4v) is 1.88. The lowest BCUT2D eigenvalue weighted by Gasteiger charge is -2.34. The number of carbonyl (C=O) groups is 1. The van der Waals surface area contributed by atoms with Gasteiger partial charge in [0.25, 0.3) is 0 Å². The quantitative estimate of drug-likeness (QED) is 0.726. The lowest BCUT2D eigenvalue weighted by molar-refractivity contribution is 0.0707. The molecule has 0 aromatic heterocycles. The van der Waals surface area contributed by atoms with E-state index in [2.05, 4.69) is 11.8 Å². The molecule has 0 bridgehead atoms. The Morgan fingerprint density at radius 1 is 1.28 bits per heavy atom. The molecule has 100 valence electrons. The summed E-state index contributed by atoms with van der Waals surface area (Å²) in [6.45, 7) is 6.96. The molecule has 3 nitrogen and oxygen atoms in total. The van der Waals surface area contributed by atoms with Crippen molar-refractivity contribution in [3.05, 3.63) is 29.8 Å². The summed E-state index contributed by atoms with van der Waals surface area (Å²) in [5.41, 5.74) is 0.244. The smallest absolute Gasteiger partial charge is 0.182 e. The molecule has 0 amide bonds. The normalized spacial score (nSPS) is 11.7. The predicted molar refractivity (Wildman–Crippen MR) is 74.3 cm³/mol. The van der Waals surface area contributed by atoms with Gasteiger partial charge in [0.1, 0.15) is 5.75 Å². The van der Waals surface area contributed by atoms with Gasteiger partial charge in [-0.3, -0.25) is 9.69 Å². The number of ether oxygens (including phenoxy) is 1. The number of hydrogen-bond acceptors (Lipinski definition) is 3. The van der Waals surface area contributed by atoms with Gasteiger partial charge in [-0.15, -0.1) is 0 Å². The van der Waals surface area contributed by atoms with Crippen molar-refractivity contribution in [2.45, 2.75) is 32.7 Å². The van der Waals surface area contributed by atoms with Gasteiger partial charge in [0.05, 0.1) is 12.6 Å². The molecule has 1 rings (SSSR count). The molecule has 0 atom stereocenters. The minimum Gasteiger partial charge on any atom is -0.497 e. The molecule has 0 unspecified atom stereocenters. The molecule has 0 fully saturated rings. The number of methoxy groups -OCH3 is 1. The van der Waals surface area contributed by atoms with Crippen LogP contribution in [0.2, 0.25) is 0 Å². The summed E-state index contributed by atoms with van der Waals surface area (Å²) in [4.78, 5) is 14.6. The fraction of sp³-hybridized carbons (Fsp3) is 0.533. The Hall–Kier alpha value is -1.35. The number of rotatable bonds is 6. The largest absolute Gasteiger partial charge is 0.497 e. The Bertz CT molecular complexity index is 395. The van der Waals surface area contributed by atoms with Gasteiger partial charge in [-0.2, -0.15) is 0 Å². The Morgan fingerprint density at radius 2 is 1.83 bits per heavy atom. The van der Waals surface area contributed by atoms with Gasteiger partial charge in [-0.1, -0.05) is 6.92 Å². The summed E-state index contributed by atoms with van der Waals surface area (Å²) in [6, 6.07) is 7.29. The van der Waals surface area contributed by atoms with E-state index in [0.29, 0.717) is 0 Å². The van der Waals surface area contributed by atoms with Crippen LogP contribution in [-0.2, 0) is 0 Å². The average molecular weight is 249 g/mol. The molecule has 18 heavy (non-hydrogen) atoms. The van der Waals surface area contributed by atoms with Crippen molar-refractivity contribution in [1.29, 1.82) is 0 Å². The first-order valence-corrected chi connectivity index (χ1v) is 6.33. The van der Waals surface area contributed by atoms with Crippen molar-refractivity contribution in [2.24, 2.45) is 0 Å². The van der Waals surface area contributed by atoms with Gasteiger partial charge in [-0.05, 0) is 58.1 Å². The third-order valence-corrected chi connectivity index (χ3v) is 3.42. The standard InChI is InChI=1S/C15H23NO2/c1-6-11-16(4)15(2,3)14(17)12-7-9-13(18-5)10-8-12/h7-10H,6,11H2,1-5H3. The minimum absolute atomic E-state index is 0.140. The Balaban J connectivity index is 2.90. The third kappa shape index (κ3) is 3.10. The lowest BCUT2D eigenvalue weighted by Crippen LogP contribution is -2.48. The van der Waals surface area contributed by atoms with E-state index in [-0.39, 0.29) is 5.78 Å². The molecule has 0 aliphatic rings. The van der Waals surface area contributed by atoms with Gasteiger partial charge in [-0.25, -0.2) is 0 Å². The summed E-state index contributed by atoms with van der Waals surface area (Å²) in [7, 11) is 3.61. The van der Waals surface area contributed by atoms with Crippen LogP contribution >= 0.6 is 0 Å². The van der Waals surface area contributed by atoms with Crippen LogP contribution in [0.5, 0.6) is 5.75 Å².